The van der Waals surface area contributed by atoms with E-state index >= 15 is 0 Å². The molecule has 0 saturated carbocycles. The summed E-state index contributed by atoms with van der Waals surface area (Å²) in [7, 11) is 0. The van der Waals surface area contributed by atoms with Crippen LogP contribution in [-0.4, -0.2) is 0 Å². The van der Waals surface area contributed by atoms with E-state index in [4.69, 9.17) is 0 Å². The highest BCUT2D eigenvalue weighted by molar-refractivity contribution is 5.98. The van der Waals surface area contributed by atoms with Gasteiger partial charge in [0.15, 0.2) is 0 Å². The molecular weight excluding hydrogens is 470 g/mol. The highest BCUT2D eigenvalue weighted by atomic mass is 15.2. The zero-order chi connectivity index (χ0) is 26.0. The summed E-state index contributed by atoms with van der Waals surface area (Å²) in [5.41, 5.74) is 15.0. The molecule has 2 aliphatic rings. The van der Waals surface area contributed by atoms with Gasteiger partial charge in [-0.15, -0.1) is 0 Å². The Morgan fingerprint density at radius 2 is 0.974 bits per heavy atom. The maximum atomic E-state index is 2.44. The van der Waals surface area contributed by atoms with E-state index in [1.807, 2.05) is 0 Å². The molecule has 8 rings (SSSR count). The van der Waals surface area contributed by atoms with Gasteiger partial charge in [0, 0.05) is 5.69 Å². The van der Waals surface area contributed by atoms with Crippen molar-refractivity contribution in [2.45, 2.75) is 12.3 Å². The standard InChI is InChI=1S/C38H27N/c1-26-22-24-27(25-23-26)29-15-11-16-31-30-14-5-6-17-32(30)38(37(29)31)33-18-7-9-20-35(33)39(28-12-3-2-4-13-28)36-21-10-8-19-34(36)38/h2-25H,1H3. The molecule has 184 valence electrons. The summed E-state index contributed by atoms with van der Waals surface area (Å²) in [6.45, 7) is 2.16. The van der Waals surface area contributed by atoms with Crippen LogP contribution in [-0.2, 0) is 5.41 Å². The van der Waals surface area contributed by atoms with Crippen LogP contribution in [0.15, 0.2) is 146 Å². The number of rotatable bonds is 2. The zero-order valence-electron chi connectivity index (χ0n) is 21.8. The summed E-state index contributed by atoms with van der Waals surface area (Å²) in [4.78, 5) is 2.44. The summed E-state index contributed by atoms with van der Waals surface area (Å²) >= 11 is 0. The van der Waals surface area contributed by atoms with E-state index in [2.05, 4.69) is 157 Å². The molecule has 1 spiro atoms. The number of hydrogen-bond donors (Lipinski definition) is 0. The lowest BCUT2D eigenvalue weighted by Crippen LogP contribution is -2.36. The molecular formula is C38H27N. The van der Waals surface area contributed by atoms with Crippen LogP contribution in [0.1, 0.15) is 27.8 Å². The minimum Gasteiger partial charge on any atom is -0.310 e. The number of para-hydroxylation sites is 3. The lowest BCUT2D eigenvalue weighted by molar-refractivity contribution is 0.754. The van der Waals surface area contributed by atoms with Crippen molar-refractivity contribution >= 4 is 17.1 Å². The molecule has 0 bridgehead atoms. The summed E-state index contributed by atoms with van der Waals surface area (Å²) in [6, 6.07) is 53.6. The van der Waals surface area contributed by atoms with E-state index < -0.39 is 5.41 Å². The van der Waals surface area contributed by atoms with E-state index in [0.717, 1.165) is 0 Å². The average Bonchev–Trinajstić information content (AvgIpc) is 3.30. The quantitative estimate of drug-likeness (QED) is 0.230. The lowest BCUT2D eigenvalue weighted by Gasteiger charge is -2.45. The third-order valence-corrected chi connectivity index (χ3v) is 8.54. The maximum Gasteiger partial charge on any atom is 0.0760 e. The number of aryl methyl sites for hydroxylation is 1. The second-order valence-corrected chi connectivity index (χ2v) is 10.6. The summed E-state index contributed by atoms with van der Waals surface area (Å²) in [5, 5.41) is 0. The van der Waals surface area contributed by atoms with Crippen molar-refractivity contribution in [2.75, 3.05) is 4.90 Å². The van der Waals surface area contributed by atoms with Gasteiger partial charge in [0.2, 0.25) is 0 Å². The molecule has 0 N–H and O–H groups in total. The first kappa shape index (κ1) is 22.1. The van der Waals surface area contributed by atoms with Gasteiger partial charge >= 0.3 is 0 Å². The van der Waals surface area contributed by atoms with Crippen LogP contribution < -0.4 is 4.90 Å². The first-order valence-corrected chi connectivity index (χ1v) is 13.6. The fourth-order valence-corrected chi connectivity index (χ4v) is 7.00. The Morgan fingerprint density at radius 1 is 0.436 bits per heavy atom. The number of fused-ring (bicyclic) bond motifs is 9. The van der Waals surface area contributed by atoms with Crippen molar-refractivity contribution in [3.63, 3.8) is 0 Å². The molecule has 0 fully saturated rings. The van der Waals surface area contributed by atoms with Gasteiger partial charge in [0.1, 0.15) is 0 Å². The molecule has 1 heteroatoms. The lowest BCUT2D eigenvalue weighted by atomic mass is 9.63. The number of hydrogen-bond acceptors (Lipinski definition) is 1. The predicted octanol–water partition coefficient (Wildman–Crippen LogP) is 9.81. The predicted molar refractivity (Wildman–Crippen MR) is 162 cm³/mol. The molecule has 1 heterocycles. The van der Waals surface area contributed by atoms with Crippen molar-refractivity contribution < 1.29 is 0 Å². The van der Waals surface area contributed by atoms with Crippen LogP contribution in [0.5, 0.6) is 0 Å². The Balaban J connectivity index is 1.55. The van der Waals surface area contributed by atoms with Crippen molar-refractivity contribution in [3.8, 4) is 22.3 Å². The van der Waals surface area contributed by atoms with E-state index in [9.17, 15) is 0 Å². The molecule has 0 unspecified atom stereocenters. The van der Waals surface area contributed by atoms with Gasteiger partial charge in [0.05, 0.1) is 16.8 Å². The molecule has 1 aliphatic carbocycles. The van der Waals surface area contributed by atoms with Gasteiger partial charge in [-0.2, -0.15) is 0 Å². The van der Waals surface area contributed by atoms with Crippen LogP contribution in [0.25, 0.3) is 22.3 Å². The van der Waals surface area contributed by atoms with Gasteiger partial charge in [0.25, 0.3) is 0 Å². The van der Waals surface area contributed by atoms with Gasteiger partial charge < -0.3 is 4.90 Å². The van der Waals surface area contributed by atoms with Crippen molar-refractivity contribution in [3.05, 3.63) is 173 Å². The fraction of sp³-hybridized carbons (Fsp3) is 0.0526. The first-order chi connectivity index (χ1) is 19.3. The number of benzene rings is 6. The number of nitrogens with zero attached hydrogens (tertiary/aromatic N) is 1. The molecule has 0 aromatic heterocycles. The van der Waals surface area contributed by atoms with Crippen LogP contribution >= 0.6 is 0 Å². The molecule has 0 atom stereocenters. The Labute approximate surface area is 229 Å². The second-order valence-electron chi connectivity index (χ2n) is 10.6. The molecule has 0 radical (unpaired) electrons. The van der Waals surface area contributed by atoms with Gasteiger partial charge in [-0.05, 0) is 75.7 Å². The SMILES string of the molecule is Cc1ccc(-c2cccc3c2C2(c4ccccc4-3)c3ccccc3N(c3ccccc3)c3ccccc32)cc1. The molecule has 1 nitrogen and oxygen atoms in total. The van der Waals surface area contributed by atoms with Crippen molar-refractivity contribution in [2.24, 2.45) is 0 Å². The van der Waals surface area contributed by atoms with Crippen LogP contribution in [0.4, 0.5) is 17.1 Å². The monoisotopic (exact) mass is 497 g/mol. The van der Waals surface area contributed by atoms with Crippen LogP contribution in [0, 0.1) is 6.92 Å². The Morgan fingerprint density at radius 3 is 1.67 bits per heavy atom. The minimum atomic E-state index is -0.439. The highest BCUT2D eigenvalue weighted by Crippen LogP contribution is 2.64. The largest absolute Gasteiger partial charge is 0.310 e. The summed E-state index contributed by atoms with van der Waals surface area (Å²) in [6.07, 6.45) is 0. The molecule has 0 saturated heterocycles. The fourth-order valence-electron chi connectivity index (χ4n) is 7.00. The Bertz CT molecular complexity index is 1820. The molecule has 1 aliphatic heterocycles. The molecule has 6 aromatic rings. The Kier molecular flexibility index (Phi) is 4.72. The second kappa shape index (κ2) is 8.31. The van der Waals surface area contributed by atoms with Gasteiger partial charge in [-0.1, -0.05) is 127 Å². The smallest absolute Gasteiger partial charge is 0.0760 e. The highest BCUT2D eigenvalue weighted by Gasteiger charge is 2.52. The third kappa shape index (κ3) is 2.96. The minimum absolute atomic E-state index is 0.439. The molecule has 0 amide bonds. The topological polar surface area (TPSA) is 3.24 Å². The van der Waals surface area contributed by atoms with Crippen LogP contribution in [0.3, 0.4) is 0 Å². The third-order valence-electron chi connectivity index (χ3n) is 8.54. The maximum absolute atomic E-state index is 2.44. The van der Waals surface area contributed by atoms with Crippen molar-refractivity contribution in [1.29, 1.82) is 0 Å². The Hall–Kier alpha value is -4.88. The van der Waals surface area contributed by atoms with E-state index in [1.165, 1.54) is 67.1 Å². The van der Waals surface area contributed by atoms with E-state index in [0.29, 0.717) is 0 Å². The van der Waals surface area contributed by atoms with E-state index in [1.54, 1.807) is 0 Å². The van der Waals surface area contributed by atoms with E-state index in [-0.39, 0.29) is 0 Å². The number of anilines is 3. The van der Waals surface area contributed by atoms with Crippen molar-refractivity contribution in [1.82, 2.24) is 0 Å². The zero-order valence-corrected chi connectivity index (χ0v) is 21.8. The van der Waals surface area contributed by atoms with Crippen LogP contribution in [0.2, 0.25) is 0 Å². The summed E-state index contributed by atoms with van der Waals surface area (Å²) < 4.78 is 0. The normalized spacial score (nSPS) is 13.9. The van der Waals surface area contributed by atoms with Gasteiger partial charge in [-0.25, -0.2) is 0 Å². The molecule has 39 heavy (non-hydrogen) atoms. The summed E-state index contributed by atoms with van der Waals surface area (Å²) in [5.74, 6) is 0. The first-order valence-electron chi connectivity index (χ1n) is 13.6. The molecule has 6 aromatic carbocycles. The van der Waals surface area contributed by atoms with Gasteiger partial charge in [-0.3, -0.25) is 0 Å². The average molecular weight is 498 g/mol.